The van der Waals surface area contributed by atoms with Crippen LogP contribution in [0.25, 0.3) is 10.9 Å². The molecule has 3 aromatic rings. The largest absolute Gasteiger partial charge is 0.484 e. The van der Waals surface area contributed by atoms with Gasteiger partial charge in [-0.2, -0.15) is 0 Å². The number of carbonyl (C=O) groups excluding carboxylic acids is 1. The molecule has 1 saturated heterocycles. The smallest absolute Gasteiger partial charge is 0.261 e. The maximum Gasteiger partial charge on any atom is 0.261 e. The Labute approximate surface area is 181 Å². The highest BCUT2D eigenvalue weighted by Gasteiger charge is 2.24. The summed E-state index contributed by atoms with van der Waals surface area (Å²) in [6.45, 7) is 5.28. The molecule has 1 aliphatic rings. The van der Waals surface area contributed by atoms with Crippen molar-refractivity contribution in [3.63, 3.8) is 0 Å². The van der Waals surface area contributed by atoms with Crippen LogP contribution in [0.4, 0.5) is 0 Å². The quantitative estimate of drug-likeness (QED) is 0.634. The first-order valence-electron chi connectivity index (χ1n) is 10.6. The molecule has 2 heterocycles. The van der Waals surface area contributed by atoms with E-state index >= 15 is 0 Å². The average Bonchev–Trinajstić information content (AvgIpc) is 3.27. The maximum atomic E-state index is 13.0. The van der Waals surface area contributed by atoms with Crippen molar-refractivity contribution in [3.05, 3.63) is 69.8 Å². The Hall–Kier alpha value is -3.19. The van der Waals surface area contributed by atoms with Gasteiger partial charge in [0.15, 0.2) is 6.61 Å². The molecule has 1 amide bonds. The standard InChI is InChI=1S/C24H27N3O4/c1-16-9-10-18(12-17(16)2)31-15-23(28)27(13-19-6-5-11-30-19)14-22-25-21-8-4-3-7-20(21)24(29)26-22/h3-4,7-10,12,19H,5-6,11,13-15H2,1-2H3,(H,25,26,29)/t19-/m1/s1. The van der Waals surface area contributed by atoms with E-state index in [1.165, 1.54) is 5.56 Å². The lowest BCUT2D eigenvalue weighted by Gasteiger charge is -2.25. The van der Waals surface area contributed by atoms with Crippen molar-refractivity contribution in [1.29, 1.82) is 0 Å². The highest BCUT2D eigenvalue weighted by molar-refractivity contribution is 5.78. The molecule has 0 unspecified atom stereocenters. The minimum Gasteiger partial charge on any atom is -0.484 e. The molecule has 0 bridgehead atoms. The SMILES string of the molecule is Cc1ccc(OCC(=O)N(Cc2nc3ccccc3c(=O)[nH]2)C[C@H]2CCCO2)cc1C. The Kier molecular flexibility index (Phi) is 6.32. The van der Waals surface area contributed by atoms with Gasteiger partial charge in [0.2, 0.25) is 0 Å². The van der Waals surface area contributed by atoms with Crippen LogP contribution in [0.2, 0.25) is 0 Å². The van der Waals surface area contributed by atoms with Gasteiger partial charge in [-0.1, -0.05) is 18.2 Å². The molecule has 1 aromatic heterocycles. The topological polar surface area (TPSA) is 84.5 Å². The third-order valence-electron chi connectivity index (χ3n) is 5.64. The molecule has 2 aromatic carbocycles. The van der Waals surface area contributed by atoms with Gasteiger partial charge in [0.05, 0.1) is 23.6 Å². The molecule has 0 spiro atoms. The number of carbonyl (C=O) groups is 1. The van der Waals surface area contributed by atoms with Crippen molar-refractivity contribution in [2.24, 2.45) is 0 Å². The maximum absolute atomic E-state index is 13.0. The van der Waals surface area contributed by atoms with Crippen LogP contribution in [0.15, 0.2) is 47.3 Å². The van der Waals surface area contributed by atoms with Gasteiger partial charge in [-0.05, 0) is 62.1 Å². The van der Waals surface area contributed by atoms with Crippen molar-refractivity contribution in [3.8, 4) is 5.75 Å². The first kappa shape index (κ1) is 21.1. The van der Waals surface area contributed by atoms with Gasteiger partial charge in [-0.25, -0.2) is 4.98 Å². The van der Waals surface area contributed by atoms with Crippen LogP contribution >= 0.6 is 0 Å². The van der Waals surface area contributed by atoms with Gasteiger partial charge in [-0.3, -0.25) is 9.59 Å². The van der Waals surface area contributed by atoms with E-state index in [1.807, 2.05) is 38.1 Å². The lowest BCUT2D eigenvalue weighted by molar-refractivity contribution is -0.135. The number of benzene rings is 2. The summed E-state index contributed by atoms with van der Waals surface area (Å²) in [7, 11) is 0. The predicted octanol–water partition coefficient (Wildman–Crippen LogP) is 3.13. The third kappa shape index (κ3) is 5.11. The van der Waals surface area contributed by atoms with Gasteiger partial charge in [0.1, 0.15) is 11.6 Å². The molecule has 0 radical (unpaired) electrons. The first-order valence-corrected chi connectivity index (χ1v) is 10.6. The van der Waals surface area contributed by atoms with E-state index in [0.29, 0.717) is 35.6 Å². The van der Waals surface area contributed by atoms with Crippen molar-refractivity contribution in [2.75, 3.05) is 19.8 Å². The fraction of sp³-hybridized carbons (Fsp3) is 0.375. The number of nitrogens with one attached hydrogen (secondary N) is 1. The lowest BCUT2D eigenvalue weighted by Crippen LogP contribution is -2.40. The second-order valence-corrected chi connectivity index (χ2v) is 7.97. The number of nitrogens with zero attached hydrogens (tertiary/aromatic N) is 2. The highest BCUT2D eigenvalue weighted by atomic mass is 16.5. The number of rotatable bonds is 7. The van der Waals surface area contributed by atoms with Crippen LogP contribution in [0, 0.1) is 13.8 Å². The normalized spacial score (nSPS) is 15.9. The summed E-state index contributed by atoms with van der Waals surface area (Å²) in [5, 5.41) is 0.529. The van der Waals surface area contributed by atoms with Gasteiger partial charge in [-0.15, -0.1) is 0 Å². The van der Waals surface area contributed by atoms with Crippen molar-refractivity contribution in [1.82, 2.24) is 14.9 Å². The number of aromatic amines is 1. The Morgan fingerprint density at radius 1 is 1.23 bits per heavy atom. The van der Waals surface area contributed by atoms with Crippen molar-refractivity contribution >= 4 is 16.8 Å². The second kappa shape index (κ2) is 9.31. The van der Waals surface area contributed by atoms with Gasteiger partial charge in [0.25, 0.3) is 11.5 Å². The van der Waals surface area contributed by atoms with E-state index in [-0.39, 0.29) is 30.7 Å². The fourth-order valence-electron chi connectivity index (χ4n) is 3.72. The van der Waals surface area contributed by atoms with Crippen molar-refractivity contribution < 1.29 is 14.3 Å². The minimum absolute atomic E-state index is 0.0160. The number of amides is 1. The molecule has 7 heteroatoms. The molecular weight excluding hydrogens is 394 g/mol. The molecule has 162 valence electrons. The van der Waals surface area contributed by atoms with Crippen LogP contribution in [-0.4, -0.2) is 46.6 Å². The van der Waals surface area contributed by atoms with Gasteiger partial charge >= 0.3 is 0 Å². The summed E-state index contributed by atoms with van der Waals surface area (Å²) in [6.07, 6.45) is 1.87. The molecule has 1 fully saturated rings. The number of hydrogen-bond acceptors (Lipinski definition) is 5. The van der Waals surface area contributed by atoms with Gasteiger partial charge < -0.3 is 19.4 Å². The summed E-state index contributed by atoms with van der Waals surface area (Å²) in [4.78, 5) is 34.5. The molecule has 0 saturated carbocycles. The number of H-pyrrole nitrogens is 1. The zero-order valence-corrected chi connectivity index (χ0v) is 17.9. The Balaban J connectivity index is 1.51. The molecule has 1 atom stereocenters. The molecule has 4 rings (SSSR count). The van der Waals surface area contributed by atoms with Crippen molar-refractivity contribution in [2.45, 2.75) is 39.3 Å². The number of aryl methyl sites for hydroxylation is 2. The fourth-order valence-corrected chi connectivity index (χ4v) is 3.72. The zero-order chi connectivity index (χ0) is 21.8. The van der Waals surface area contributed by atoms with E-state index < -0.39 is 0 Å². The van der Waals surface area contributed by atoms with Crippen LogP contribution in [0.3, 0.4) is 0 Å². The van der Waals surface area contributed by atoms with E-state index in [9.17, 15) is 9.59 Å². The van der Waals surface area contributed by atoms with Crippen LogP contribution in [0.5, 0.6) is 5.75 Å². The summed E-state index contributed by atoms with van der Waals surface area (Å²) >= 11 is 0. The van der Waals surface area contributed by atoms with Gasteiger partial charge in [0, 0.05) is 13.2 Å². The summed E-state index contributed by atoms with van der Waals surface area (Å²) in [6, 6.07) is 12.9. The monoisotopic (exact) mass is 421 g/mol. The molecule has 0 aliphatic carbocycles. The number of ether oxygens (including phenoxy) is 2. The molecular formula is C24H27N3O4. The Morgan fingerprint density at radius 2 is 2.06 bits per heavy atom. The Morgan fingerprint density at radius 3 is 2.84 bits per heavy atom. The molecule has 1 aliphatic heterocycles. The lowest BCUT2D eigenvalue weighted by atomic mass is 10.1. The third-order valence-corrected chi connectivity index (χ3v) is 5.64. The van der Waals surface area contributed by atoms with E-state index in [2.05, 4.69) is 9.97 Å². The van der Waals surface area contributed by atoms with Crippen LogP contribution in [0.1, 0.15) is 29.8 Å². The number of hydrogen-bond donors (Lipinski definition) is 1. The number of para-hydroxylation sites is 1. The number of aromatic nitrogens is 2. The Bertz CT molecular complexity index is 1140. The predicted molar refractivity (Wildman–Crippen MR) is 118 cm³/mol. The van der Waals surface area contributed by atoms with E-state index in [0.717, 1.165) is 18.4 Å². The van der Waals surface area contributed by atoms with E-state index in [4.69, 9.17) is 9.47 Å². The summed E-state index contributed by atoms with van der Waals surface area (Å²) in [5.41, 5.74) is 2.68. The number of fused-ring (bicyclic) bond motifs is 1. The van der Waals surface area contributed by atoms with Crippen LogP contribution < -0.4 is 10.3 Å². The minimum atomic E-state index is -0.212. The molecule has 31 heavy (non-hydrogen) atoms. The molecule has 7 nitrogen and oxygen atoms in total. The van der Waals surface area contributed by atoms with Crippen LogP contribution in [-0.2, 0) is 16.1 Å². The first-order chi connectivity index (χ1) is 15.0. The average molecular weight is 421 g/mol. The van der Waals surface area contributed by atoms with E-state index in [1.54, 1.807) is 23.1 Å². The summed E-state index contributed by atoms with van der Waals surface area (Å²) in [5.74, 6) is 0.927. The highest BCUT2D eigenvalue weighted by Crippen LogP contribution is 2.18. The summed E-state index contributed by atoms with van der Waals surface area (Å²) < 4.78 is 11.5. The second-order valence-electron chi connectivity index (χ2n) is 7.97. The zero-order valence-electron chi connectivity index (χ0n) is 17.9. The molecule has 1 N–H and O–H groups in total.